The lowest BCUT2D eigenvalue weighted by Crippen LogP contribution is -2.32. The Bertz CT molecular complexity index is 855. The van der Waals surface area contributed by atoms with Gasteiger partial charge in [0, 0.05) is 17.8 Å². The summed E-state index contributed by atoms with van der Waals surface area (Å²) >= 11 is 5.89. The number of nitrogen functional groups attached to an aromatic ring is 1. The summed E-state index contributed by atoms with van der Waals surface area (Å²) in [4.78, 5) is 10.7. The van der Waals surface area contributed by atoms with Crippen LogP contribution in [0.15, 0.2) is 71.9 Å². The zero-order chi connectivity index (χ0) is 20.4. The minimum absolute atomic E-state index is 0.110. The van der Waals surface area contributed by atoms with Crippen molar-refractivity contribution in [2.75, 3.05) is 10.6 Å². The van der Waals surface area contributed by atoms with Gasteiger partial charge in [0.15, 0.2) is 0 Å². The predicted molar refractivity (Wildman–Crippen MR) is 120 cm³/mol. The van der Waals surface area contributed by atoms with E-state index in [-0.39, 0.29) is 6.04 Å². The van der Waals surface area contributed by atoms with Crippen LogP contribution in [0.4, 0.5) is 11.5 Å². The summed E-state index contributed by atoms with van der Waals surface area (Å²) in [7, 11) is 0. The van der Waals surface area contributed by atoms with Gasteiger partial charge in [-0.2, -0.15) is 0 Å². The number of nitrogens with two attached hydrogens (primary N) is 1. The maximum absolute atomic E-state index is 7.99. The third-order valence-corrected chi connectivity index (χ3v) is 4.31. The molecule has 1 aromatic heterocycles. The highest BCUT2D eigenvalue weighted by Gasteiger charge is 2.18. The van der Waals surface area contributed by atoms with E-state index in [4.69, 9.17) is 27.7 Å². The number of allylic oxidation sites excluding steroid dienone is 3. The summed E-state index contributed by atoms with van der Waals surface area (Å²) in [6, 6.07) is 11.2. The number of pyridine rings is 1. The molecule has 0 aliphatic carbocycles. The zero-order valence-electron chi connectivity index (χ0n) is 16.2. The van der Waals surface area contributed by atoms with E-state index in [9.17, 15) is 0 Å². The smallest absolute Gasteiger partial charge is 0.145 e. The summed E-state index contributed by atoms with van der Waals surface area (Å²) in [5.41, 5.74) is 8.60. The number of nitrogens with zero attached hydrogens (tertiary/aromatic N) is 3. The van der Waals surface area contributed by atoms with Gasteiger partial charge in [-0.05, 0) is 43.2 Å². The molecule has 0 fully saturated rings. The molecule has 0 aliphatic heterocycles. The van der Waals surface area contributed by atoms with Gasteiger partial charge in [-0.1, -0.05) is 43.4 Å². The average Bonchev–Trinajstić information content (AvgIpc) is 2.72. The maximum Gasteiger partial charge on any atom is 0.145 e. The quantitative estimate of drug-likeness (QED) is 0.280. The normalized spacial score (nSPS) is 13.2. The Balaban J connectivity index is 2.48. The van der Waals surface area contributed by atoms with Crippen molar-refractivity contribution in [2.24, 2.45) is 4.99 Å². The van der Waals surface area contributed by atoms with Crippen LogP contribution >= 0.6 is 11.6 Å². The second-order valence-corrected chi connectivity index (χ2v) is 6.42. The number of aromatic nitrogens is 1. The largest absolute Gasteiger partial charge is 0.383 e. The van der Waals surface area contributed by atoms with E-state index < -0.39 is 0 Å². The van der Waals surface area contributed by atoms with E-state index in [1.54, 1.807) is 11.1 Å². The minimum Gasteiger partial charge on any atom is -0.383 e. The molecule has 6 heteroatoms. The van der Waals surface area contributed by atoms with E-state index in [0.717, 1.165) is 17.7 Å². The third kappa shape index (κ3) is 5.79. The molecule has 0 saturated heterocycles. The van der Waals surface area contributed by atoms with Crippen LogP contribution < -0.4 is 10.6 Å². The van der Waals surface area contributed by atoms with Crippen LogP contribution in [-0.4, -0.2) is 23.2 Å². The number of benzene rings is 1. The fourth-order valence-electron chi connectivity index (χ4n) is 2.55. The van der Waals surface area contributed by atoms with Crippen molar-refractivity contribution in [3.8, 4) is 0 Å². The van der Waals surface area contributed by atoms with Crippen LogP contribution in [0.3, 0.4) is 0 Å². The number of anilines is 2. The fraction of sp³-hybridized carbons (Fsp3) is 0.227. The lowest BCUT2D eigenvalue weighted by atomic mass is 10.1. The van der Waals surface area contributed by atoms with Crippen molar-refractivity contribution in [1.29, 1.82) is 5.41 Å². The van der Waals surface area contributed by atoms with Crippen LogP contribution in [0.2, 0.25) is 0 Å². The molecule has 0 spiro atoms. The molecule has 5 nitrogen and oxygen atoms in total. The van der Waals surface area contributed by atoms with Gasteiger partial charge in [0.2, 0.25) is 0 Å². The molecular weight excluding hydrogens is 370 g/mol. The molecule has 146 valence electrons. The Morgan fingerprint density at radius 2 is 2.04 bits per heavy atom. The number of halogens is 1. The molecule has 1 unspecified atom stereocenters. The van der Waals surface area contributed by atoms with Crippen LogP contribution in [-0.2, 0) is 5.88 Å². The van der Waals surface area contributed by atoms with E-state index in [0.29, 0.717) is 23.1 Å². The molecule has 0 amide bonds. The molecule has 1 atom stereocenters. The van der Waals surface area contributed by atoms with Crippen molar-refractivity contribution in [3.05, 3.63) is 78.0 Å². The fourth-order valence-corrected chi connectivity index (χ4v) is 2.73. The standard InChI is InChI=1S/C22H26ClN5/c1-3-4-5-6-8-17(2)27-22(20-9-7-14-26-21(20)25)28(16-24)19-12-10-18(15-23)11-13-19/h4-14,16-17,24H,3,15H2,1-2H3,(H2,25,26)/b5-4-,8-6-,24-16?,27-22-. The Morgan fingerprint density at radius 3 is 2.64 bits per heavy atom. The SMILES string of the molecule is CC/C=C\C=C/C(C)/N=C(/c1cccnc1N)N(C=N)c1ccc(CCl)cc1. The number of rotatable bonds is 8. The molecule has 2 aromatic rings. The van der Waals surface area contributed by atoms with Gasteiger partial charge in [0.1, 0.15) is 11.7 Å². The van der Waals surface area contributed by atoms with E-state index in [1.807, 2.05) is 61.5 Å². The van der Waals surface area contributed by atoms with Crippen molar-refractivity contribution < 1.29 is 0 Å². The summed E-state index contributed by atoms with van der Waals surface area (Å²) < 4.78 is 0. The van der Waals surface area contributed by atoms with Gasteiger partial charge in [-0.3, -0.25) is 15.3 Å². The number of nitrogens with one attached hydrogen (secondary N) is 1. The molecule has 0 aliphatic rings. The molecule has 1 aromatic carbocycles. The van der Waals surface area contributed by atoms with Crippen LogP contribution in [0.25, 0.3) is 0 Å². The predicted octanol–water partition coefficient (Wildman–Crippen LogP) is 5.17. The van der Waals surface area contributed by atoms with E-state index in [1.165, 1.54) is 6.34 Å². The average molecular weight is 396 g/mol. The first-order valence-corrected chi connectivity index (χ1v) is 9.70. The maximum atomic E-state index is 7.99. The van der Waals surface area contributed by atoms with Crippen molar-refractivity contribution in [3.63, 3.8) is 0 Å². The van der Waals surface area contributed by atoms with Crippen LogP contribution in [0, 0.1) is 5.41 Å². The third-order valence-electron chi connectivity index (χ3n) is 4.00. The first-order chi connectivity index (χ1) is 13.6. The van der Waals surface area contributed by atoms with Gasteiger partial charge in [-0.15, -0.1) is 11.6 Å². The van der Waals surface area contributed by atoms with Gasteiger partial charge >= 0.3 is 0 Å². The lowest BCUT2D eigenvalue weighted by molar-refractivity contribution is 0.922. The number of amidine groups is 1. The second kappa shape index (κ2) is 11.0. The first-order valence-electron chi connectivity index (χ1n) is 9.17. The van der Waals surface area contributed by atoms with Crippen LogP contribution in [0.5, 0.6) is 0 Å². The molecule has 1 heterocycles. The van der Waals surface area contributed by atoms with Crippen molar-refractivity contribution in [2.45, 2.75) is 32.2 Å². The number of hydrogen-bond donors (Lipinski definition) is 2. The summed E-state index contributed by atoms with van der Waals surface area (Å²) in [6.45, 7) is 4.08. The van der Waals surface area contributed by atoms with E-state index in [2.05, 4.69) is 18.0 Å². The topological polar surface area (TPSA) is 78.4 Å². The number of aliphatic imine (C=N–C) groups is 1. The summed E-state index contributed by atoms with van der Waals surface area (Å²) in [6.07, 6.45) is 11.9. The molecule has 2 rings (SSSR count). The molecular formula is C22H26ClN5. The highest BCUT2D eigenvalue weighted by Crippen LogP contribution is 2.21. The molecule has 3 N–H and O–H groups in total. The van der Waals surface area contributed by atoms with Crippen molar-refractivity contribution >= 4 is 35.3 Å². The van der Waals surface area contributed by atoms with E-state index >= 15 is 0 Å². The Labute approximate surface area is 171 Å². The molecule has 0 bridgehead atoms. The highest BCUT2D eigenvalue weighted by atomic mass is 35.5. The first kappa shape index (κ1) is 21.4. The summed E-state index contributed by atoms with van der Waals surface area (Å²) in [5, 5.41) is 7.99. The Hall–Kier alpha value is -2.92. The lowest BCUT2D eigenvalue weighted by Gasteiger charge is -2.23. The number of hydrogen-bond acceptors (Lipinski definition) is 4. The minimum atomic E-state index is -0.110. The molecule has 0 radical (unpaired) electrons. The summed E-state index contributed by atoms with van der Waals surface area (Å²) in [5.74, 6) is 1.37. The van der Waals surface area contributed by atoms with Crippen LogP contribution in [0.1, 0.15) is 31.4 Å². The second-order valence-electron chi connectivity index (χ2n) is 6.15. The monoisotopic (exact) mass is 395 g/mol. The van der Waals surface area contributed by atoms with Gasteiger partial charge in [0.25, 0.3) is 0 Å². The number of alkyl halides is 1. The Morgan fingerprint density at radius 1 is 1.29 bits per heavy atom. The van der Waals surface area contributed by atoms with Gasteiger partial charge in [0.05, 0.1) is 17.9 Å². The molecule has 28 heavy (non-hydrogen) atoms. The zero-order valence-corrected chi connectivity index (χ0v) is 17.0. The van der Waals surface area contributed by atoms with Crippen molar-refractivity contribution in [1.82, 2.24) is 4.98 Å². The Kier molecular flexibility index (Phi) is 8.43. The van der Waals surface area contributed by atoms with Gasteiger partial charge in [-0.25, -0.2) is 4.98 Å². The molecule has 0 saturated carbocycles. The van der Waals surface area contributed by atoms with Gasteiger partial charge < -0.3 is 5.73 Å². The highest BCUT2D eigenvalue weighted by molar-refractivity contribution is 6.20.